The van der Waals surface area contributed by atoms with Crippen molar-refractivity contribution >= 4 is 17.3 Å². The number of carbonyl (C=O) groups excluding carboxylic acids is 1. The van der Waals surface area contributed by atoms with Gasteiger partial charge in [-0.1, -0.05) is 12.1 Å². The molecular weight excluding hydrogens is 438 g/mol. The molecule has 2 fully saturated rings. The molecule has 182 valence electrons. The van der Waals surface area contributed by atoms with Crippen molar-refractivity contribution in [3.05, 3.63) is 63.7 Å². The van der Waals surface area contributed by atoms with Gasteiger partial charge in [0, 0.05) is 50.4 Å². The minimum atomic E-state index is -0.472. The zero-order chi connectivity index (χ0) is 24.0. The van der Waals surface area contributed by atoms with Crippen LogP contribution in [0.25, 0.3) is 0 Å². The highest BCUT2D eigenvalue weighted by molar-refractivity contribution is 6.00. The summed E-state index contributed by atoms with van der Waals surface area (Å²) in [7, 11) is 0. The number of nitrogens with zero attached hydrogens (tertiary/aromatic N) is 2. The Hall–Kier alpha value is -3.17. The normalized spacial score (nSPS) is 17.7. The fraction of sp³-hybridized carbons (Fsp3) is 0.480. The highest BCUT2D eigenvalue weighted by Crippen LogP contribution is 2.35. The molecule has 2 aromatic rings. The van der Waals surface area contributed by atoms with Crippen LogP contribution in [0.4, 0.5) is 11.4 Å². The Kier molecular flexibility index (Phi) is 7.64. The van der Waals surface area contributed by atoms with Crippen molar-refractivity contribution in [2.45, 2.75) is 25.2 Å². The van der Waals surface area contributed by atoms with Crippen molar-refractivity contribution in [1.29, 1.82) is 0 Å². The van der Waals surface area contributed by atoms with Gasteiger partial charge < -0.3 is 24.4 Å². The second kappa shape index (κ2) is 10.8. The number of amides is 1. The second-order valence-corrected chi connectivity index (χ2v) is 8.59. The van der Waals surface area contributed by atoms with Crippen molar-refractivity contribution in [2.24, 2.45) is 0 Å². The molecular formula is C25H31N3O6. The van der Waals surface area contributed by atoms with Gasteiger partial charge in [0.25, 0.3) is 11.6 Å². The zero-order valence-corrected chi connectivity index (χ0v) is 19.5. The van der Waals surface area contributed by atoms with Crippen LogP contribution in [-0.2, 0) is 14.9 Å². The van der Waals surface area contributed by atoms with Crippen LogP contribution in [0.1, 0.15) is 35.7 Å². The molecule has 4 rings (SSSR count). The van der Waals surface area contributed by atoms with Crippen molar-refractivity contribution in [3.8, 4) is 5.75 Å². The number of morpholine rings is 1. The number of benzene rings is 2. The van der Waals surface area contributed by atoms with Crippen molar-refractivity contribution in [2.75, 3.05) is 57.6 Å². The molecule has 0 spiro atoms. The van der Waals surface area contributed by atoms with Gasteiger partial charge in [-0.3, -0.25) is 14.9 Å². The highest BCUT2D eigenvalue weighted by atomic mass is 16.6. The maximum absolute atomic E-state index is 13.4. The molecule has 0 bridgehead atoms. The van der Waals surface area contributed by atoms with Gasteiger partial charge in [-0.05, 0) is 43.5 Å². The van der Waals surface area contributed by atoms with Gasteiger partial charge in [-0.15, -0.1) is 0 Å². The van der Waals surface area contributed by atoms with Gasteiger partial charge in [-0.25, -0.2) is 0 Å². The summed E-state index contributed by atoms with van der Waals surface area (Å²) in [5.41, 5.74) is 1.73. The first kappa shape index (κ1) is 24.0. The van der Waals surface area contributed by atoms with E-state index in [1.165, 1.54) is 12.1 Å². The predicted octanol–water partition coefficient (Wildman–Crippen LogP) is 3.31. The van der Waals surface area contributed by atoms with Crippen LogP contribution in [0.5, 0.6) is 5.75 Å². The average molecular weight is 470 g/mol. The monoisotopic (exact) mass is 469 g/mol. The van der Waals surface area contributed by atoms with E-state index in [4.69, 9.17) is 14.2 Å². The number of hydrogen-bond donors (Lipinski definition) is 1. The SMILES string of the molecule is CCOc1ccc(C2(CNC(=O)c3cc([N+](=O)[O-])ccc3N3CCOCC3)CCOCC2)cc1. The van der Waals surface area contributed by atoms with Crippen LogP contribution in [-0.4, -0.2) is 63.5 Å². The zero-order valence-electron chi connectivity index (χ0n) is 19.5. The topological polar surface area (TPSA) is 103 Å². The third kappa shape index (κ3) is 5.31. The molecule has 0 radical (unpaired) electrons. The Morgan fingerprint density at radius 1 is 1.09 bits per heavy atom. The van der Waals surface area contributed by atoms with Crippen LogP contribution in [0.3, 0.4) is 0 Å². The lowest BCUT2D eigenvalue weighted by atomic mass is 9.74. The average Bonchev–Trinajstić information content (AvgIpc) is 2.88. The smallest absolute Gasteiger partial charge is 0.270 e. The van der Waals surface area contributed by atoms with Crippen molar-refractivity contribution < 1.29 is 23.9 Å². The Labute approximate surface area is 199 Å². The van der Waals surface area contributed by atoms with Crippen LogP contribution in [0, 0.1) is 10.1 Å². The summed E-state index contributed by atoms with van der Waals surface area (Å²) in [4.78, 5) is 26.4. The quantitative estimate of drug-likeness (QED) is 0.467. The molecule has 9 nitrogen and oxygen atoms in total. The Balaban J connectivity index is 1.57. The minimum absolute atomic E-state index is 0.102. The van der Waals surface area contributed by atoms with Crippen molar-refractivity contribution in [1.82, 2.24) is 5.32 Å². The van der Waals surface area contributed by atoms with E-state index >= 15 is 0 Å². The third-order valence-corrected chi connectivity index (χ3v) is 6.60. The molecule has 2 aliphatic heterocycles. The van der Waals surface area contributed by atoms with E-state index in [0.717, 1.165) is 24.2 Å². The predicted molar refractivity (Wildman–Crippen MR) is 128 cm³/mol. The van der Waals surface area contributed by atoms with Crippen molar-refractivity contribution in [3.63, 3.8) is 0 Å². The van der Waals surface area contributed by atoms with E-state index in [-0.39, 0.29) is 17.0 Å². The van der Waals surface area contributed by atoms with Crippen LogP contribution >= 0.6 is 0 Å². The van der Waals surface area contributed by atoms with Crippen LogP contribution < -0.4 is 15.0 Å². The fourth-order valence-electron chi connectivity index (χ4n) is 4.65. The van der Waals surface area contributed by atoms with E-state index in [2.05, 4.69) is 17.4 Å². The van der Waals surface area contributed by atoms with E-state index in [0.29, 0.717) is 63.9 Å². The molecule has 0 aliphatic carbocycles. The number of nitro benzene ring substituents is 1. The largest absolute Gasteiger partial charge is 0.494 e. The van der Waals surface area contributed by atoms with E-state index in [1.54, 1.807) is 6.07 Å². The third-order valence-electron chi connectivity index (χ3n) is 6.60. The first-order chi connectivity index (χ1) is 16.5. The molecule has 34 heavy (non-hydrogen) atoms. The summed E-state index contributed by atoms with van der Waals surface area (Å²) >= 11 is 0. The summed E-state index contributed by atoms with van der Waals surface area (Å²) in [6.45, 7) is 6.55. The minimum Gasteiger partial charge on any atom is -0.494 e. The standard InChI is InChI=1S/C25H31N3O6/c1-2-34-21-6-3-19(4-7-21)25(9-13-32-14-10-25)18-26-24(29)22-17-20(28(30)31)5-8-23(22)27-11-15-33-16-12-27/h3-8,17H,2,9-16,18H2,1H3,(H,26,29). The summed E-state index contributed by atoms with van der Waals surface area (Å²) < 4.78 is 16.6. The Morgan fingerprint density at radius 3 is 2.41 bits per heavy atom. The summed E-state index contributed by atoms with van der Waals surface area (Å²) in [5, 5.41) is 14.5. The van der Waals surface area contributed by atoms with Gasteiger partial charge >= 0.3 is 0 Å². The maximum atomic E-state index is 13.4. The highest BCUT2D eigenvalue weighted by Gasteiger charge is 2.35. The lowest BCUT2D eigenvalue weighted by Gasteiger charge is -2.38. The molecule has 0 aromatic heterocycles. The number of non-ortho nitro benzene ring substituents is 1. The Bertz CT molecular complexity index is 998. The van der Waals surface area contributed by atoms with E-state index in [9.17, 15) is 14.9 Å². The summed E-state index contributed by atoms with van der Waals surface area (Å²) in [6.07, 6.45) is 1.54. The summed E-state index contributed by atoms with van der Waals surface area (Å²) in [6, 6.07) is 12.5. The van der Waals surface area contributed by atoms with E-state index in [1.807, 2.05) is 24.0 Å². The lowest BCUT2D eigenvalue weighted by Crippen LogP contribution is -2.45. The summed E-state index contributed by atoms with van der Waals surface area (Å²) in [5.74, 6) is 0.492. The number of hydrogen-bond acceptors (Lipinski definition) is 7. The first-order valence-corrected chi connectivity index (χ1v) is 11.7. The first-order valence-electron chi connectivity index (χ1n) is 11.7. The van der Waals surface area contributed by atoms with Gasteiger partial charge in [0.15, 0.2) is 0 Å². The number of rotatable bonds is 8. The lowest BCUT2D eigenvalue weighted by molar-refractivity contribution is -0.384. The molecule has 2 aliphatic rings. The molecule has 9 heteroatoms. The fourth-order valence-corrected chi connectivity index (χ4v) is 4.65. The molecule has 2 saturated heterocycles. The van der Waals surface area contributed by atoms with Gasteiger partial charge in [-0.2, -0.15) is 0 Å². The molecule has 0 atom stereocenters. The number of ether oxygens (including phenoxy) is 3. The number of anilines is 1. The molecule has 2 heterocycles. The second-order valence-electron chi connectivity index (χ2n) is 8.59. The number of nitro groups is 1. The van der Waals surface area contributed by atoms with Gasteiger partial charge in [0.2, 0.25) is 0 Å². The van der Waals surface area contributed by atoms with Gasteiger partial charge in [0.1, 0.15) is 5.75 Å². The van der Waals surface area contributed by atoms with Gasteiger partial charge in [0.05, 0.1) is 36.0 Å². The van der Waals surface area contributed by atoms with Crippen LogP contribution in [0.15, 0.2) is 42.5 Å². The number of carbonyl (C=O) groups is 1. The van der Waals surface area contributed by atoms with Crippen LogP contribution in [0.2, 0.25) is 0 Å². The molecule has 0 saturated carbocycles. The maximum Gasteiger partial charge on any atom is 0.270 e. The molecule has 1 amide bonds. The molecule has 1 N–H and O–H groups in total. The molecule has 0 unspecified atom stereocenters. The van der Waals surface area contributed by atoms with E-state index < -0.39 is 4.92 Å². The number of nitrogens with one attached hydrogen (secondary N) is 1. The molecule has 2 aromatic carbocycles. The Morgan fingerprint density at radius 2 is 1.76 bits per heavy atom.